The molecule has 0 saturated carbocycles. The van der Waals surface area contributed by atoms with Crippen LogP contribution in [0.1, 0.15) is 28.4 Å². The third kappa shape index (κ3) is 5.02. The van der Waals surface area contributed by atoms with Crippen molar-refractivity contribution in [1.82, 2.24) is 0 Å². The summed E-state index contributed by atoms with van der Waals surface area (Å²) in [7, 11) is 0. The number of rotatable bonds is 8. The summed E-state index contributed by atoms with van der Waals surface area (Å²) >= 11 is 0. The van der Waals surface area contributed by atoms with Gasteiger partial charge in [0.2, 0.25) is 0 Å². The van der Waals surface area contributed by atoms with Crippen molar-refractivity contribution in [1.29, 1.82) is 0 Å². The average molecular weight is 409 g/mol. The van der Waals surface area contributed by atoms with Gasteiger partial charge in [-0.1, -0.05) is 12.1 Å². The Kier molecular flexibility index (Phi) is 6.11. The van der Waals surface area contributed by atoms with E-state index in [1.165, 1.54) is 60.7 Å². The van der Waals surface area contributed by atoms with Crippen molar-refractivity contribution < 1.29 is 19.0 Å². The number of nitro benzene ring substituents is 2. The SMILES string of the molecule is O=C(CC(Nc1ccc([N+](=O)[O-])cc1)c1ccc([N+](=O)[O-])cc1)c1ccc(F)cc1. The van der Waals surface area contributed by atoms with E-state index in [4.69, 9.17) is 0 Å². The van der Waals surface area contributed by atoms with Crippen molar-refractivity contribution in [3.05, 3.63) is 110 Å². The number of carbonyl (C=O) groups excluding carboxylic acids is 1. The number of Topliss-reactive ketones (excluding diaryl/α,β-unsaturated/α-hetero) is 1. The molecule has 3 rings (SSSR count). The predicted octanol–water partition coefficient (Wildman–Crippen LogP) is 5.07. The number of nitrogens with one attached hydrogen (secondary N) is 1. The van der Waals surface area contributed by atoms with E-state index in [0.717, 1.165) is 0 Å². The number of hydrogen-bond acceptors (Lipinski definition) is 6. The maximum Gasteiger partial charge on any atom is 0.269 e. The Morgan fingerprint density at radius 1 is 0.833 bits per heavy atom. The van der Waals surface area contributed by atoms with Gasteiger partial charge in [0.1, 0.15) is 5.82 Å². The van der Waals surface area contributed by atoms with Gasteiger partial charge in [-0.3, -0.25) is 25.0 Å². The van der Waals surface area contributed by atoms with Crippen LogP contribution in [0.15, 0.2) is 72.8 Å². The standard InChI is InChI=1S/C21H16FN3O5/c22-16-5-1-15(2-6-16)21(26)13-20(14-3-9-18(10-4-14)24(27)28)23-17-7-11-19(12-8-17)25(29)30/h1-12,20,23H,13H2. The maximum atomic E-state index is 13.1. The first-order valence-corrected chi connectivity index (χ1v) is 8.87. The van der Waals surface area contributed by atoms with Gasteiger partial charge in [-0.25, -0.2) is 4.39 Å². The molecule has 0 aliphatic rings. The van der Waals surface area contributed by atoms with Crippen molar-refractivity contribution in [2.24, 2.45) is 0 Å². The second-order valence-corrected chi connectivity index (χ2v) is 6.48. The van der Waals surface area contributed by atoms with Gasteiger partial charge in [0.05, 0.1) is 15.9 Å². The van der Waals surface area contributed by atoms with E-state index < -0.39 is 21.7 Å². The third-order valence-electron chi connectivity index (χ3n) is 4.48. The first-order valence-electron chi connectivity index (χ1n) is 8.87. The van der Waals surface area contributed by atoms with E-state index in [1.807, 2.05) is 0 Å². The topological polar surface area (TPSA) is 115 Å². The van der Waals surface area contributed by atoms with E-state index in [9.17, 15) is 29.4 Å². The van der Waals surface area contributed by atoms with Gasteiger partial charge in [-0.15, -0.1) is 0 Å². The van der Waals surface area contributed by atoms with Crippen LogP contribution in [0, 0.1) is 26.0 Å². The molecule has 0 aliphatic heterocycles. The zero-order chi connectivity index (χ0) is 21.7. The summed E-state index contributed by atoms with van der Waals surface area (Å²) in [5, 5.41) is 24.9. The molecule has 0 aromatic heterocycles. The molecular weight excluding hydrogens is 393 g/mol. The number of hydrogen-bond donors (Lipinski definition) is 1. The molecule has 0 saturated heterocycles. The number of carbonyl (C=O) groups is 1. The quantitative estimate of drug-likeness (QED) is 0.315. The van der Waals surface area contributed by atoms with E-state index in [2.05, 4.69) is 5.32 Å². The first kappa shape index (κ1) is 20.6. The zero-order valence-electron chi connectivity index (χ0n) is 15.5. The fraction of sp³-hybridized carbons (Fsp3) is 0.0952. The van der Waals surface area contributed by atoms with Crippen molar-refractivity contribution in [2.75, 3.05) is 5.32 Å². The minimum Gasteiger partial charge on any atom is -0.378 e. The number of ketones is 1. The molecule has 1 unspecified atom stereocenters. The molecule has 8 nitrogen and oxygen atoms in total. The number of nitro groups is 2. The van der Waals surface area contributed by atoms with Crippen LogP contribution in [0.4, 0.5) is 21.5 Å². The summed E-state index contributed by atoms with van der Waals surface area (Å²) in [5.41, 5.74) is 1.33. The van der Waals surface area contributed by atoms with Crippen LogP contribution in [-0.2, 0) is 0 Å². The van der Waals surface area contributed by atoms with Gasteiger partial charge in [0, 0.05) is 41.9 Å². The zero-order valence-corrected chi connectivity index (χ0v) is 15.5. The van der Waals surface area contributed by atoms with Crippen LogP contribution in [0.25, 0.3) is 0 Å². The molecule has 3 aromatic rings. The highest BCUT2D eigenvalue weighted by atomic mass is 19.1. The second kappa shape index (κ2) is 8.91. The Morgan fingerprint density at radius 3 is 1.83 bits per heavy atom. The Morgan fingerprint density at radius 2 is 1.33 bits per heavy atom. The number of non-ortho nitro benzene ring substituents is 2. The van der Waals surface area contributed by atoms with E-state index in [1.54, 1.807) is 12.1 Å². The van der Waals surface area contributed by atoms with Crippen molar-refractivity contribution >= 4 is 22.8 Å². The Labute approximate surface area is 170 Å². The fourth-order valence-corrected chi connectivity index (χ4v) is 2.90. The summed E-state index contributed by atoms with van der Waals surface area (Å²) < 4.78 is 13.1. The fourth-order valence-electron chi connectivity index (χ4n) is 2.90. The van der Waals surface area contributed by atoms with Crippen LogP contribution in [0.5, 0.6) is 0 Å². The molecule has 0 aliphatic carbocycles. The molecule has 0 heterocycles. The first-order chi connectivity index (χ1) is 14.3. The Balaban J connectivity index is 1.87. The minimum absolute atomic E-state index is 0.0135. The largest absolute Gasteiger partial charge is 0.378 e. The highest BCUT2D eigenvalue weighted by molar-refractivity contribution is 5.96. The second-order valence-electron chi connectivity index (χ2n) is 6.48. The van der Waals surface area contributed by atoms with Crippen LogP contribution < -0.4 is 5.32 Å². The smallest absolute Gasteiger partial charge is 0.269 e. The molecule has 152 valence electrons. The molecule has 1 atom stereocenters. The summed E-state index contributed by atoms with van der Waals surface area (Å²) in [4.78, 5) is 33.4. The number of nitrogens with zero attached hydrogens (tertiary/aromatic N) is 2. The molecule has 0 spiro atoms. The van der Waals surface area contributed by atoms with Gasteiger partial charge in [-0.2, -0.15) is 0 Å². The lowest BCUT2D eigenvalue weighted by atomic mass is 9.97. The lowest BCUT2D eigenvalue weighted by Crippen LogP contribution is -2.16. The highest BCUT2D eigenvalue weighted by Gasteiger charge is 2.19. The van der Waals surface area contributed by atoms with Crippen LogP contribution >= 0.6 is 0 Å². The average Bonchev–Trinajstić information content (AvgIpc) is 2.74. The van der Waals surface area contributed by atoms with E-state index in [0.29, 0.717) is 16.8 Å². The Hall–Kier alpha value is -4.14. The summed E-state index contributed by atoms with van der Waals surface area (Å²) in [6.07, 6.45) is -0.0135. The molecule has 1 N–H and O–H groups in total. The molecule has 9 heteroatoms. The monoisotopic (exact) mass is 409 g/mol. The Bertz CT molecular complexity index is 1070. The number of benzene rings is 3. The molecule has 30 heavy (non-hydrogen) atoms. The number of anilines is 1. The summed E-state index contributed by atoms with van der Waals surface area (Å²) in [6.45, 7) is 0. The van der Waals surface area contributed by atoms with Crippen molar-refractivity contribution in [3.8, 4) is 0 Å². The van der Waals surface area contributed by atoms with Crippen LogP contribution in [-0.4, -0.2) is 15.6 Å². The van der Waals surface area contributed by atoms with Crippen LogP contribution in [0.3, 0.4) is 0 Å². The van der Waals surface area contributed by atoms with Crippen LogP contribution in [0.2, 0.25) is 0 Å². The molecule has 0 bridgehead atoms. The van der Waals surface area contributed by atoms with Gasteiger partial charge < -0.3 is 5.32 Å². The minimum atomic E-state index is -0.565. The third-order valence-corrected chi connectivity index (χ3v) is 4.48. The maximum absolute atomic E-state index is 13.1. The van der Waals surface area contributed by atoms with E-state index >= 15 is 0 Å². The predicted molar refractivity (Wildman–Crippen MR) is 108 cm³/mol. The van der Waals surface area contributed by atoms with Gasteiger partial charge in [0.15, 0.2) is 5.78 Å². The lowest BCUT2D eigenvalue weighted by molar-refractivity contribution is -0.385. The summed E-state index contributed by atoms with van der Waals surface area (Å²) in [6, 6.07) is 16.0. The molecule has 0 fully saturated rings. The molecule has 0 radical (unpaired) electrons. The molecule has 0 amide bonds. The highest BCUT2D eigenvalue weighted by Crippen LogP contribution is 2.27. The molecule has 3 aromatic carbocycles. The lowest BCUT2D eigenvalue weighted by Gasteiger charge is -2.20. The summed E-state index contributed by atoms with van der Waals surface area (Å²) in [5.74, 6) is -0.713. The van der Waals surface area contributed by atoms with Crippen molar-refractivity contribution in [2.45, 2.75) is 12.5 Å². The number of halogens is 1. The van der Waals surface area contributed by atoms with Gasteiger partial charge in [0.25, 0.3) is 11.4 Å². The normalized spacial score (nSPS) is 11.5. The van der Waals surface area contributed by atoms with Crippen molar-refractivity contribution in [3.63, 3.8) is 0 Å². The van der Waals surface area contributed by atoms with Gasteiger partial charge in [-0.05, 0) is 42.0 Å². The van der Waals surface area contributed by atoms with E-state index in [-0.39, 0.29) is 23.6 Å². The molecular formula is C21H16FN3O5. The van der Waals surface area contributed by atoms with Gasteiger partial charge >= 0.3 is 0 Å².